The summed E-state index contributed by atoms with van der Waals surface area (Å²) in [6.07, 6.45) is 2.91. The van der Waals surface area contributed by atoms with E-state index in [0.717, 1.165) is 0 Å². The number of furan rings is 1. The van der Waals surface area contributed by atoms with Crippen molar-refractivity contribution in [1.29, 1.82) is 0 Å². The Bertz CT molecular complexity index is 855. The van der Waals surface area contributed by atoms with Crippen LogP contribution in [0.2, 0.25) is 0 Å². The van der Waals surface area contributed by atoms with Crippen LogP contribution in [0.15, 0.2) is 69.7 Å². The zero-order chi connectivity index (χ0) is 16.8. The lowest BCUT2D eigenvalue weighted by molar-refractivity contribution is 0.0956. The number of benzene rings is 1. The van der Waals surface area contributed by atoms with Gasteiger partial charge in [-0.05, 0) is 35.7 Å². The monoisotopic (exact) mass is 339 g/mol. The molecule has 0 aliphatic heterocycles. The fourth-order valence-corrected chi connectivity index (χ4v) is 2.58. The van der Waals surface area contributed by atoms with Crippen LogP contribution in [0.1, 0.15) is 25.8 Å². The largest absolute Gasteiger partial charge is 0.463 e. The third-order valence-corrected chi connectivity index (χ3v) is 3.93. The van der Waals surface area contributed by atoms with E-state index in [1.54, 1.807) is 48.5 Å². The Hall–Kier alpha value is -3.19. The number of thiophene rings is 1. The minimum absolute atomic E-state index is 0.260. The molecule has 3 aromatic rings. The predicted molar refractivity (Wildman–Crippen MR) is 92.5 cm³/mol. The fourth-order valence-electron chi connectivity index (χ4n) is 1.96. The molecule has 3 rings (SSSR count). The molecule has 0 aliphatic rings. The van der Waals surface area contributed by atoms with Crippen LogP contribution in [0.4, 0.5) is 5.69 Å². The van der Waals surface area contributed by atoms with Crippen molar-refractivity contribution in [2.75, 3.05) is 5.32 Å². The second-order valence-electron chi connectivity index (χ2n) is 4.69. The molecule has 24 heavy (non-hydrogen) atoms. The first kappa shape index (κ1) is 15.7. The smallest absolute Gasteiger partial charge is 0.273 e. The second kappa shape index (κ2) is 7.38. The summed E-state index contributed by atoms with van der Waals surface area (Å²) in [6, 6.07) is 13.7. The van der Waals surface area contributed by atoms with E-state index >= 15 is 0 Å². The van der Waals surface area contributed by atoms with Gasteiger partial charge in [0.15, 0.2) is 0 Å². The summed E-state index contributed by atoms with van der Waals surface area (Å²) in [7, 11) is 0. The Morgan fingerprint density at radius 1 is 1.04 bits per heavy atom. The number of rotatable bonds is 5. The van der Waals surface area contributed by atoms with E-state index in [1.807, 2.05) is 5.38 Å². The van der Waals surface area contributed by atoms with Gasteiger partial charge in [-0.15, -0.1) is 11.3 Å². The number of nitrogens with zero attached hydrogens (tertiary/aromatic N) is 1. The molecule has 7 heteroatoms. The molecule has 0 fully saturated rings. The third kappa shape index (κ3) is 3.76. The number of nitrogens with one attached hydrogen (secondary N) is 2. The van der Waals surface area contributed by atoms with Gasteiger partial charge in [-0.25, -0.2) is 5.43 Å². The molecule has 2 heterocycles. The highest BCUT2D eigenvalue weighted by Gasteiger charge is 2.14. The van der Waals surface area contributed by atoms with Gasteiger partial charge in [0.1, 0.15) is 5.76 Å². The highest BCUT2D eigenvalue weighted by molar-refractivity contribution is 7.12. The van der Waals surface area contributed by atoms with Crippen molar-refractivity contribution in [3.63, 3.8) is 0 Å². The summed E-state index contributed by atoms with van der Waals surface area (Å²) in [5.74, 6) is -0.168. The summed E-state index contributed by atoms with van der Waals surface area (Å²) >= 11 is 1.33. The zero-order valence-corrected chi connectivity index (χ0v) is 13.2. The first-order valence-electron chi connectivity index (χ1n) is 7.05. The van der Waals surface area contributed by atoms with Gasteiger partial charge in [-0.1, -0.05) is 18.2 Å². The van der Waals surface area contributed by atoms with Gasteiger partial charge in [0, 0.05) is 0 Å². The molecule has 0 unspecified atom stereocenters. The number of hydrogen-bond donors (Lipinski definition) is 2. The molecule has 120 valence electrons. The van der Waals surface area contributed by atoms with E-state index in [0.29, 0.717) is 21.9 Å². The van der Waals surface area contributed by atoms with Crippen LogP contribution in [0.5, 0.6) is 0 Å². The fraction of sp³-hybridized carbons (Fsp3) is 0. The van der Waals surface area contributed by atoms with Crippen molar-refractivity contribution in [1.82, 2.24) is 5.43 Å². The van der Waals surface area contributed by atoms with Crippen molar-refractivity contribution in [3.05, 3.63) is 76.4 Å². The summed E-state index contributed by atoms with van der Waals surface area (Å²) in [6.45, 7) is 0. The van der Waals surface area contributed by atoms with Crippen LogP contribution in [0.3, 0.4) is 0 Å². The van der Waals surface area contributed by atoms with Crippen LogP contribution in [-0.2, 0) is 0 Å². The topological polar surface area (TPSA) is 83.7 Å². The van der Waals surface area contributed by atoms with Crippen LogP contribution in [0.25, 0.3) is 0 Å². The SMILES string of the molecule is O=C(Nc1ccccc1C(=O)N/N=C\c1ccco1)c1cccs1. The standard InChI is InChI=1S/C17H13N3O3S/c21-16(20-18-11-12-5-3-9-23-12)13-6-1-2-7-14(13)19-17(22)15-8-4-10-24-15/h1-11H,(H,19,22)(H,20,21)/b18-11-. The lowest BCUT2D eigenvalue weighted by atomic mass is 10.1. The Kier molecular flexibility index (Phi) is 4.83. The minimum Gasteiger partial charge on any atom is -0.463 e. The number of amides is 2. The molecule has 0 saturated heterocycles. The van der Waals surface area contributed by atoms with Crippen LogP contribution >= 0.6 is 11.3 Å². The maximum absolute atomic E-state index is 12.3. The molecule has 2 N–H and O–H groups in total. The van der Waals surface area contributed by atoms with Crippen molar-refractivity contribution >= 4 is 35.1 Å². The number of carbonyl (C=O) groups excluding carboxylic acids is 2. The Morgan fingerprint density at radius 3 is 2.67 bits per heavy atom. The average Bonchev–Trinajstić information content (AvgIpc) is 3.29. The van der Waals surface area contributed by atoms with E-state index in [4.69, 9.17) is 4.42 Å². The molecule has 1 aromatic carbocycles. The van der Waals surface area contributed by atoms with Gasteiger partial charge >= 0.3 is 0 Å². The Balaban J connectivity index is 1.71. The van der Waals surface area contributed by atoms with E-state index in [1.165, 1.54) is 23.8 Å². The van der Waals surface area contributed by atoms with Crippen LogP contribution in [0, 0.1) is 0 Å². The van der Waals surface area contributed by atoms with E-state index in [2.05, 4.69) is 15.8 Å². The first-order chi connectivity index (χ1) is 11.7. The third-order valence-electron chi connectivity index (χ3n) is 3.07. The first-order valence-corrected chi connectivity index (χ1v) is 7.93. The average molecular weight is 339 g/mol. The normalized spacial score (nSPS) is 10.7. The Morgan fingerprint density at radius 2 is 1.92 bits per heavy atom. The van der Waals surface area contributed by atoms with Crippen molar-refractivity contribution in [2.45, 2.75) is 0 Å². The van der Waals surface area contributed by atoms with Gasteiger partial charge < -0.3 is 9.73 Å². The number of para-hydroxylation sites is 1. The molecule has 2 amide bonds. The molecule has 0 aliphatic carbocycles. The molecular formula is C17H13N3O3S. The molecule has 2 aromatic heterocycles. The van der Waals surface area contributed by atoms with Crippen LogP contribution < -0.4 is 10.7 Å². The summed E-state index contributed by atoms with van der Waals surface area (Å²) < 4.78 is 5.08. The summed E-state index contributed by atoms with van der Waals surface area (Å²) in [5.41, 5.74) is 3.14. The molecule has 0 spiro atoms. The van der Waals surface area contributed by atoms with Gasteiger partial charge in [0.2, 0.25) is 0 Å². The van der Waals surface area contributed by atoms with Gasteiger partial charge in [0.25, 0.3) is 11.8 Å². The number of hydrogen-bond acceptors (Lipinski definition) is 5. The van der Waals surface area contributed by atoms with E-state index < -0.39 is 5.91 Å². The molecule has 0 radical (unpaired) electrons. The molecule has 6 nitrogen and oxygen atoms in total. The van der Waals surface area contributed by atoms with Gasteiger partial charge in [-0.2, -0.15) is 5.10 Å². The summed E-state index contributed by atoms with van der Waals surface area (Å²) in [5, 5.41) is 8.39. The minimum atomic E-state index is -0.431. The molecule has 0 saturated carbocycles. The Labute approximate surface area is 141 Å². The van der Waals surface area contributed by atoms with Crippen molar-refractivity contribution < 1.29 is 14.0 Å². The highest BCUT2D eigenvalue weighted by Crippen LogP contribution is 2.17. The summed E-state index contributed by atoms with van der Waals surface area (Å²) in [4.78, 5) is 25.0. The maximum atomic E-state index is 12.3. The number of anilines is 1. The predicted octanol–water partition coefficient (Wildman–Crippen LogP) is 3.36. The van der Waals surface area contributed by atoms with Crippen molar-refractivity contribution in [3.8, 4) is 0 Å². The van der Waals surface area contributed by atoms with E-state index in [-0.39, 0.29) is 5.91 Å². The van der Waals surface area contributed by atoms with Gasteiger partial charge in [0.05, 0.1) is 28.6 Å². The number of hydrazone groups is 1. The number of carbonyl (C=O) groups is 2. The maximum Gasteiger partial charge on any atom is 0.273 e. The molecule has 0 bridgehead atoms. The molecular weight excluding hydrogens is 326 g/mol. The lowest BCUT2D eigenvalue weighted by Gasteiger charge is -2.09. The molecule has 0 atom stereocenters. The van der Waals surface area contributed by atoms with Gasteiger partial charge in [-0.3, -0.25) is 9.59 Å². The van der Waals surface area contributed by atoms with E-state index in [9.17, 15) is 9.59 Å². The van der Waals surface area contributed by atoms with Crippen molar-refractivity contribution in [2.24, 2.45) is 5.10 Å². The lowest BCUT2D eigenvalue weighted by Crippen LogP contribution is -2.21. The second-order valence-corrected chi connectivity index (χ2v) is 5.64. The van der Waals surface area contributed by atoms with Crippen LogP contribution in [-0.4, -0.2) is 18.0 Å². The zero-order valence-electron chi connectivity index (χ0n) is 12.4. The highest BCUT2D eigenvalue weighted by atomic mass is 32.1. The quantitative estimate of drug-likeness (QED) is 0.552.